The molecule has 0 saturated carbocycles. The monoisotopic (exact) mass is 428 g/mol. The van der Waals surface area contributed by atoms with Gasteiger partial charge in [0.2, 0.25) is 0 Å². The summed E-state index contributed by atoms with van der Waals surface area (Å²) >= 11 is 3.23. The van der Waals surface area contributed by atoms with Gasteiger partial charge in [-0.25, -0.2) is 9.97 Å². The van der Waals surface area contributed by atoms with Gasteiger partial charge in [0, 0.05) is 11.1 Å². The molecule has 4 heterocycles. The van der Waals surface area contributed by atoms with Crippen molar-refractivity contribution in [3.8, 4) is 0 Å². The van der Waals surface area contributed by atoms with Crippen LogP contribution in [0, 0.1) is 13.8 Å². The van der Waals surface area contributed by atoms with E-state index in [0.717, 1.165) is 45.1 Å². The summed E-state index contributed by atoms with van der Waals surface area (Å²) < 4.78 is 18.3. The molecular formula is C22H24N2O3S2. The zero-order valence-electron chi connectivity index (χ0n) is 17.0. The van der Waals surface area contributed by atoms with Crippen LogP contribution in [-0.2, 0) is 15.9 Å². The maximum atomic E-state index is 7.28. The van der Waals surface area contributed by atoms with Gasteiger partial charge in [0.15, 0.2) is 0 Å². The van der Waals surface area contributed by atoms with E-state index in [4.69, 9.17) is 13.6 Å². The Balaban J connectivity index is 1.98. The zero-order chi connectivity index (χ0) is 20.5. The summed E-state index contributed by atoms with van der Waals surface area (Å²) in [6, 6.07) is 3.97. The minimum absolute atomic E-state index is 0.706. The first-order chi connectivity index (χ1) is 14.1. The van der Waals surface area contributed by atoms with E-state index in [2.05, 4.69) is 23.8 Å². The van der Waals surface area contributed by atoms with E-state index in [1.807, 2.05) is 37.0 Å². The van der Waals surface area contributed by atoms with Gasteiger partial charge in [-0.05, 0) is 38.8 Å². The van der Waals surface area contributed by atoms with Gasteiger partial charge in [-0.2, -0.15) is 0 Å². The second kappa shape index (κ2) is 7.89. The molecule has 2 unspecified atom stereocenters. The molecule has 0 amide bonds. The highest BCUT2D eigenvalue weighted by Gasteiger charge is 2.48. The molecule has 0 aliphatic rings. The van der Waals surface area contributed by atoms with Crippen molar-refractivity contribution in [2.75, 3.05) is 0 Å². The quantitative estimate of drug-likeness (QED) is 0.324. The molecule has 0 N–H and O–H groups in total. The van der Waals surface area contributed by atoms with Gasteiger partial charge in [0.05, 0.1) is 57.2 Å². The Kier molecular flexibility index (Phi) is 5.46. The third-order valence-electron chi connectivity index (χ3n) is 5.54. The lowest BCUT2D eigenvalue weighted by Crippen LogP contribution is -2.42. The van der Waals surface area contributed by atoms with Crippen molar-refractivity contribution in [1.29, 1.82) is 0 Å². The van der Waals surface area contributed by atoms with Crippen molar-refractivity contribution in [2.24, 2.45) is 0 Å². The smallest absolute Gasteiger partial charge is 0.134 e. The standard InChI is InChI=1S/C22H24N2O3S2/c1-5-21(17-7-9-25-11-17,19-15(3)23-13-28-19)27-22(6-2,18-8-10-26-12-18)20-16(4)24-14-29-20/h7-14H,5-6H2,1-4H3. The first kappa shape index (κ1) is 20.1. The molecular weight excluding hydrogens is 404 g/mol. The van der Waals surface area contributed by atoms with Gasteiger partial charge in [-0.15, -0.1) is 22.7 Å². The van der Waals surface area contributed by atoms with Gasteiger partial charge in [-0.3, -0.25) is 0 Å². The van der Waals surface area contributed by atoms with Crippen LogP contribution in [0.1, 0.15) is 59.0 Å². The van der Waals surface area contributed by atoms with E-state index in [9.17, 15) is 0 Å². The summed E-state index contributed by atoms with van der Waals surface area (Å²) in [5.41, 5.74) is 6.24. The van der Waals surface area contributed by atoms with Crippen LogP contribution in [0.15, 0.2) is 57.0 Å². The maximum Gasteiger partial charge on any atom is 0.134 e. The second-order valence-electron chi connectivity index (χ2n) is 7.02. The van der Waals surface area contributed by atoms with Crippen molar-refractivity contribution < 1.29 is 13.6 Å². The number of furan rings is 2. The van der Waals surface area contributed by atoms with Crippen molar-refractivity contribution in [2.45, 2.75) is 51.7 Å². The number of hydrogen-bond donors (Lipinski definition) is 0. The number of hydrogen-bond acceptors (Lipinski definition) is 7. The Bertz CT molecular complexity index is 967. The van der Waals surface area contributed by atoms with Crippen LogP contribution in [0.3, 0.4) is 0 Å². The highest BCUT2D eigenvalue weighted by atomic mass is 32.1. The summed E-state index contributed by atoms with van der Waals surface area (Å²) in [4.78, 5) is 11.2. The Labute approximate surface area is 178 Å². The SMILES string of the molecule is CCC(OC(CC)(c1ccoc1)c1scnc1C)(c1ccoc1)c1scnc1C. The Morgan fingerprint density at radius 3 is 1.55 bits per heavy atom. The van der Waals surface area contributed by atoms with Crippen molar-refractivity contribution in [3.05, 3.63) is 80.5 Å². The van der Waals surface area contributed by atoms with E-state index >= 15 is 0 Å². The normalized spacial score (nSPS) is 15.9. The van der Waals surface area contributed by atoms with Crippen LogP contribution in [-0.4, -0.2) is 9.97 Å². The van der Waals surface area contributed by atoms with Gasteiger partial charge < -0.3 is 13.6 Å². The summed E-state index contributed by atoms with van der Waals surface area (Å²) in [5, 5.41) is 0. The maximum absolute atomic E-state index is 7.28. The van der Waals surface area contributed by atoms with Crippen molar-refractivity contribution in [1.82, 2.24) is 9.97 Å². The third kappa shape index (κ3) is 3.17. The van der Waals surface area contributed by atoms with Crippen LogP contribution >= 0.6 is 22.7 Å². The number of ether oxygens (including phenoxy) is 1. The average molecular weight is 429 g/mol. The molecule has 4 aromatic rings. The second-order valence-corrected chi connectivity index (χ2v) is 8.73. The first-order valence-corrected chi connectivity index (χ1v) is 11.4. The summed E-state index contributed by atoms with van der Waals surface area (Å²) in [6.45, 7) is 8.34. The van der Waals surface area contributed by atoms with Gasteiger partial charge in [0.25, 0.3) is 0 Å². The fourth-order valence-electron chi connectivity index (χ4n) is 4.01. The molecule has 152 valence electrons. The summed E-state index contributed by atoms with van der Waals surface area (Å²) in [6.07, 6.45) is 8.40. The molecule has 0 radical (unpaired) electrons. The van der Waals surface area contributed by atoms with E-state index < -0.39 is 11.2 Å². The number of rotatable bonds is 8. The summed E-state index contributed by atoms with van der Waals surface area (Å²) in [7, 11) is 0. The van der Waals surface area contributed by atoms with E-state index in [0.29, 0.717) is 0 Å². The highest BCUT2D eigenvalue weighted by molar-refractivity contribution is 7.10. The molecule has 0 bridgehead atoms. The number of thiazole rings is 2. The molecule has 0 spiro atoms. The Morgan fingerprint density at radius 2 is 1.28 bits per heavy atom. The molecule has 2 atom stereocenters. The lowest BCUT2D eigenvalue weighted by atomic mass is 9.85. The molecule has 0 fully saturated rings. The molecule has 29 heavy (non-hydrogen) atoms. The van der Waals surface area contributed by atoms with E-state index in [1.54, 1.807) is 47.7 Å². The Morgan fingerprint density at radius 1 is 0.828 bits per heavy atom. The predicted octanol–water partition coefficient (Wildman–Crippen LogP) is 6.43. The van der Waals surface area contributed by atoms with Crippen LogP contribution in [0.25, 0.3) is 0 Å². The van der Waals surface area contributed by atoms with Crippen molar-refractivity contribution in [3.63, 3.8) is 0 Å². The van der Waals surface area contributed by atoms with Gasteiger partial charge in [0.1, 0.15) is 11.2 Å². The lowest BCUT2D eigenvalue weighted by Gasteiger charge is -2.42. The fourth-order valence-corrected chi connectivity index (χ4v) is 6.08. The molecule has 4 aromatic heterocycles. The lowest BCUT2D eigenvalue weighted by molar-refractivity contribution is -0.127. The molecule has 0 saturated heterocycles. The van der Waals surface area contributed by atoms with E-state index in [1.165, 1.54) is 0 Å². The fraction of sp³-hybridized carbons (Fsp3) is 0.364. The molecule has 0 aromatic carbocycles. The van der Waals surface area contributed by atoms with E-state index in [-0.39, 0.29) is 0 Å². The highest BCUT2D eigenvalue weighted by Crippen LogP contribution is 2.51. The summed E-state index contributed by atoms with van der Waals surface area (Å²) in [5.74, 6) is 0. The molecule has 5 nitrogen and oxygen atoms in total. The van der Waals surface area contributed by atoms with Gasteiger partial charge >= 0.3 is 0 Å². The number of aryl methyl sites for hydroxylation is 2. The number of aromatic nitrogens is 2. The molecule has 0 aliphatic carbocycles. The Hall–Kier alpha value is -2.22. The zero-order valence-corrected chi connectivity index (χ0v) is 18.6. The largest absolute Gasteiger partial charge is 0.472 e. The predicted molar refractivity (Wildman–Crippen MR) is 114 cm³/mol. The van der Waals surface area contributed by atoms with Crippen LogP contribution in [0.4, 0.5) is 0 Å². The topological polar surface area (TPSA) is 61.3 Å². The first-order valence-electron chi connectivity index (χ1n) is 9.64. The average Bonchev–Trinajstić information content (AvgIpc) is 3.52. The van der Waals surface area contributed by atoms with Crippen LogP contribution in [0.2, 0.25) is 0 Å². The minimum atomic E-state index is -0.706. The molecule has 0 aliphatic heterocycles. The van der Waals surface area contributed by atoms with Crippen molar-refractivity contribution >= 4 is 22.7 Å². The molecule has 4 rings (SSSR count). The van der Waals surface area contributed by atoms with Gasteiger partial charge in [-0.1, -0.05) is 13.8 Å². The third-order valence-corrected chi connectivity index (χ3v) is 7.69. The number of nitrogens with zero attached hydrogens (tertiary/aromatic N) is 2. The molecule has 7 heteroatoms. The minimum Gasteiger partial charge on any atom is -0.472 e. The van der Waals surface area contributed by atoms with Crippen LogP contribution in [0.5, 0.6) is 0 Å². The van der Waals surface area contributed by atoms with Crippen LogP contribution < -0.4 is 0 Å².